The van der Waals surface area contributed by atoms with Gasteiger partial charge in [0.2, 0.25) is 5.75 Å². The summed E-state index contributed by atoms with van der Waals surface area (Å²) >= 11 is 0. The maximum Gasteiger partial charge on any atom is 0.203 e. The van der Waals surface area contributed by atoms with Crippen molar-refractivity contribution in [2.24, 2.45) is 5.92 Å². The Balaban J connectivity index is 2.14. The van der Waals surface area contributed by atoms with Crippen molar-refractivity contribution in [1.82, 2.24) is 5.32 Å². The van der Waals surface area contributed by atoms with Gasteiger partial charge in [0, 0.05) is 18.2 Å². The summed E-state index contributed by atoms with van der Waals surface area (Å²) in [6.45, 7) is 3.11. The van der Waals surface area contributed by atoms with Crippen molar-refractivity contribution in [3.63, 3.8) is 0 Å². The molecular weight excluding hydrogens is 254 g/mol. The number of nitrogens with one attached hydrogen (secondary N) is 1. The summed E-state index contributed by atoms with van der Waals surface area (Å²) in [6, 6.07) is 4.57. The fourth-order valence-electron chi connectivity index (χ4n) is 2.99. The van der Waals surface area contributed by atoms with E-state index in [9.17, 15) is 0 Å². The van der Waals surface area contributed by atoms with Crippen molar-refractivity contribution in [2.45, 2.75) is 38.8 Å². The van der Waals surface area contributed by atoms with E-state index in [-0.39, 0.29) is 0 Å². The van der Waals surface area contributed by atoms with E-state index in [4.69, 9.17) is 14.2 Å². The zero-order valence-electron chi connectivity index (χ0n) is 12.9. The summed E-state index contributed by atoms with van der Waals surface area (Å²) in [5.41, 5.74) is 1.10. The zero-order valence-corrected chi connectivity index (χ0v) is 12.9. The lowest BCUT2D eigenvalue weighted by atomic mass is 10.1. The first-order valence-corrected chi connectivity index (χ1v) is 7.22. The van der Waals surface area contributed by atoms with Crippen LogP contribution in [0.2, 0.25) is 0 Å². The molecule has 4 nitrogen and oxygen atoms in total. The summed E-state index contributed by atoms with van der Waals surface area (Å²) < 4.78 is 16.2. The molecule has 1 N–H and O–H groups in total. The number of hydrogen-bond acceptors (Lipinski definition) is 4. The molecule has 0 saturated heterocycles. The van der Waals surface area contributed by atoms with Crippen LogP contribution in [0.3, 0.4) is 0 Å². The Labute approximate surface area is 121 Å². The maximum absolute atomic E-state index is 5.51. The van der Waals surface area contributed by atoms with Crippen molar-refractivity contribution in [2.75, 3.05) is 21.3 Å². The highest BCUT2D eigenvalue weighted by molar-refractivity contribution is 5.55. The largest absolute Gasteiger partial charge is 0.493 e. The molecule has 1 aliphatic rings. The van der Waals surface area contributed by atoms with Crippen molar-refractivity contribution < 1.29 is 14.2 Å². The molecule has 0 amide bonds. The minimum Gasteiger partial charge on any atom is -0.493 e. The van der Waals surface area contributed by atoms with Gasteiger partial charge in [-0.3, -0.25) is 0 Å². The Morgan fingerprint density at radius 2 is 1.80 bits per heavy atom. The molecule has 1 aliphatic carbocycles. The van der Waals surface area contributed by atoms with Crippen LogP contribution >= 0.6 is 0 Å². The van der Waals surface area contributed by atoms with E-state index in [1.165, 1.54) is 19.3 Å². The summed E-state index contributed by atoms with van der Waals surface area (Å²) in [5, 5.41) is 3.63. The monoisotopic (exact) mass is 279 g/mol. The molecule has 0 aliphatic heterocycles. The molecule has 2 unspecified atom stereocenters. The van der Waals surface area contributed by atoms with Gasteiger partial charge in [-0.25, -0.2) is 0 Å². The molecule has 0 heterocycles. The van der Waals surface area contributed by atoms with Gasteiger partial charge < -0.3 is 19.5 Å². The molecule has 1 saturated carbocycles. The quantitative estimate of drug-likeness (QED) is 0.869. The van der Waals surface area contributed by atoms with Gasteiger partial charge in [-0.1, -0.05) is 19.4 Å². The van der Waals surface area contributed by atoms with Gasteiger partial charge in [0.1, 0.15) is 0 Å². The molecule has 1 aromatic rings. The fourth-order valence-corrected chi connectivity index (χ4v) is 2.99. The van der Waals surface area contributed by atoms with Crippen LogP contribution in [0.1, 0.15) is 31.7 Å². The van der Waals surface area contributed by atoms with Crippen LogP contribution in [0, 0.1) is 5.92 Å². The number of rotatable bonds is 6. The van der Waals surface area contributed by atoms with Gasteiger partial charge in [0.15, 0.2) is 11.5 Å². The van der Waals surface area contributed by atoms with Crippen LogP contribution in [0.4, 0.5) is 0 Å². The summed E-state index contributed by atoms with van der Waals surface area (Å²) in [5.74, 6) is 2.86. The first kappa shape index (κ1) is 15.0. The molecule has 2 rings (SSSR count). The molecule has 20 heavy (non-hydrogen) atoms. The van der Waals surface area contributed by atoms with Crippen molar-refractivity contribution in [3.05, 3.63) is 17.7 Å². The molecule has 1 fully saturated rings. The highest BCUT2D eigenvalue weighted by atomic mass is 16.5. The zero-order chi connectivity index (χ0) is 14.5. The van der Waals surface area contributed by atoms with Crippen molar-refractivity contribution in [1.29, 1.82) is 0 Å². The summed E-state index contributed by atoms with van der Waals surface area (Å²) in [4.78, 5) is 0. The van der Waals surface area contributed by atoms with Crippen LogP contribution < -0.4 is 19.5 Å². The van der Waals surface area contributed by atoms with Gasteiger partial charge in [-0.05, 0) is 24.8 Å². The van der Waals surface area contributed by atoms with Crippen molar-refractivity contribution in [3.8, 4) is 17.2 Å². The molecule has 0 radical (unpaired) electrons. The van der Waals surface area contributed by atoms with E-state index < -0.39 is 0 Å². The Kier molecular flexibility index (Phi) is 5.12. The first-order chi connectivity index (χ1) is 9.71. The Morgan fingerprint density at radius 3 is 2.35 bits per heavy atom. The average Bonchev–Trinajstić information content (AvgIpc) is 2.89. The van der Waals surface area contributed by atoms with Crippen LogP contribution in [-0.4, -0.2) is 27.4 Å². The molecule has 112 valence electrons. The van der Waals surface area contributed by atoms with Gasteiger partial charge in [-0.15, -0.1) is 0 Å². The van der Waals surface area contributed by atoms with Gasteiger partial charge in [0.25, 0.3) is 0 Å². The predicted octanol–water partition coefficient (Wildman–Crippen LogP) is 2.99. The minimum absolute atomic E-state index is 0.604. The topological polar surface area (TPSA) is 39.7 Å². The Bertz CT molecular complexity index is 448. The minimum atomic E-state index is 0.604. The van der Waals surface area contributed by atoms with E-state index in [1.54, 1.807) is 21.3 Å². The third-order valence-corrected chi connectivity index (χ3v) is 4.20. The number of hydrogen-bond donors (Lipinski definition) is 1. The van der Waals surface area contributed by atoms with E-state index >= 15 is 0 Å². The molecule has 0 bridgehead atoms. The molecule has 0 aromatic heterocycles. The van der Waals surface area contributed by atoms with E-state index in [0.717, 1.165) is 23.8 Å². The number of ether oxygens (including phenoxy) is 3. The van der Waals surface area contributed by atoms with Crippen LogP contribution in [0.5, 0.6) is 17.2 Å². The van der Waals surface area contributed by atoms with Crippen LogP contribution in [0.25, 0.3) is 0 Å². The molecule has 2 atom stereocenters. The summed E-state index contributed by atoms with van der Waals surface area (Å²) in [6.07, 6.45) is 3.90. The third-order valence-electron chi connectivity index (χ3n) is 4.20. The number of methoxy groups -OCH3 is 3. The highest BCUT2D eigenvalue weighted by Gasteiger charge is 2.23. The lowest BCUT2D eigenvalue weighted by molar-refractivity contribution is 0.320. The van der Waals surface area contributed by atoms with Gasteiger partial charge in [-0.2, -0.15) is 0 Å². The second-order valence-electron chi connectivity index (χ2n) is 5.39. The predicted molar refractivity (Wildman–Crippen MR) is 79.7 cm³/mol. The molecular formula is C16H25NO3. The number of benzene rings is 1. The smallest absolute Gasteiger partial charge is 0.203 e. The standard InChI is InChI=1S/C16H25NO3/c1-11-6-5-7-13(11)17-10-12-8-9-14(18-2)16(20-4)15(12)19-3/h8-9,11,13,17H,5-7,10H2,1-4H3. The van der Waals surface area contributed by atoms with E-state index in [0.29, 0.717) is 17.5 Å². The maximum atomic E-state index is 5.51. The lowest BCUT2D eigenvalue weighted by Crippen LogP contribution is -2.30. The second-order valence-corrected chi connectivity index (χ2v) is 5.39. The van der Waals surface area contributed by atoms with Crippen molar-refractivity contribution >= 4 is 0 Å². The van der Waals surface area contributed by atoms with E-state index in [1.807, 2.05) is 12.1 Å². The summed E-state index contributed by atoms with van der Waals surface area (Å²) in [7, 11) is 4.94. The Morgan fingerprint density at radius 1 is 1.05 bits per heavy atom. The highest BCUT2D eigenvalue weighted by Crippen LogP contribution is 2.39. The van der Waals surface area contributed by atoms with Gasteiger partial charge >= 0.3 is 0 Å². The van der Waals surface area contributed by atoms with Crippen LogP contribution in [0.15, 0.2) is 12.1 Å². The third kappa shape index (κ3) is 3.01. The second kappa shape index (κ2) is 6.84. The first-order valence-electron chi connectivity index (χ1n) is 7.22. The lowest BCUT2D eigenvalue weighted by Gasteiger charge is -2.20. The Hall–Kier alpha value is -1.42. The molecule has 4 heteroatoms. The van der Waals surface area contributed by atoms with Gasteiger partial charge in [0.05, 0.1) is 21.3 Å². The van der Waals surface area contributed by atoms with Crippen LogP contribution in [-0.2, 0) is 6.54 Å². The SMILES string of the molecule is COc1ccc(CNC2CCCC2C)c(OC)c1OC. The fraction of sp³-hybridized carbons (Fsp3) is 0.625. The average molecular weight is 279 g/mol. The molecule has 0 spiro atoms. The normalized spacial score (nSPS) is 21.8. The molecule has 1 aromatic carbocycles. The van der Waals surface area contributed by atoms with E-state index in [2.05, 4.69) is 12.2 Å².